The van der Waals surface area contributed by atoms with Crippen molar-refractivity contribution in [1.29, 1.82) is 0 Å². The number of rotatable bonds is 4. The minimum Gasteiger partial charge on any atom is -0.378 e. The second-order valence-electron chi connectivity index (χ2n) is 6.07. The first-order valence-corrected chi connectivity index (χ1v) is 7.38. The van der Waals surface area contributed by atoms with Crippen molar-refractivity contribution < 1.29 is 9.53 Å². The van der Waals surface area contributed by atoms with Gasteiger partial charge >= 0.3 is 0 Å². The van der Waals surface area contributed by atoms with Gasteiger partial charge in [-0.1, -0.05) is 0 Å². The minimum absolute atomic E-state index is 0.0402. The molecule has 0 aromatic carbocycles. The Morgan fingerprint density at radius 3 is 3.00 bits per heavy atom. The Balaban J connectivity index is 1.53. The van der Waals surface area contributed by atoms with Crippen molar-refractivity contribution in [1.82, 2.24) is 15.6 Å². The van der Waals surface area contributed by atoms with E-state index in [0.29, 0.717) is 12.2 Å². The quantitative estimate of drug-likeness (QED) is 0.840. The van der Waals surface area contributed by atoms with Gasteiger partial charge < -0.3 is 20.3 Å². The molecular formula is C15H22N4O2. The van der Waals surface area contributed by atoms with Crippen molar-refractivity contribution >= 4 is 11.6 Å². The number of carbonyl (C=O) groups excluding carboxylic acids is 1. The molecule has 6 heteroatoms. The molecule has 2 aliphatic heterocycles. The molecule has 114 valence electrons. The largest absolute Gasteiger partial charge is 0.378 e. The van der Waals surface area contributed by atoms with Crippen LogP contribution in [-0.2, 0) is 4.74 Å². The van der Waals surface area contributed by atoms with E-state index in [1.807, 2.05) is 25.1 Å². The highest BCUT2D eigenvalue weighted by Gasteiger charge is 2.44. The van der Waals surface area contributed by atoms with E-state index in [-0.39, 0.29) is 17.6 Å². The summed E-state index contributed by atoms with van der Waals surface area (Å²) >= 11 is 0. The standard InChI is InChI=1S/C15H22N4O2/c1-19(2)11-4-6-17-13(7-11)14(20)18-8-12-3-5-15(21-12)9-16-10-15/h4,6-7,12,16H,3,5,8-10H2,1-2H3,(H,18,20). The van der Waals surface area contributed by atoms with Crippen LogP contribution in [0.1, 0.15) is 23.3 Å². The molecule has 2 fully saturated rings. The fraction of sp³-hybridized carbons (Fsp3) is 0.600. The molecule has 1 spiro atoms. The molecule has 2 aliphatic rings. The van der Waals surface area contributed by atoms with Crippen LogP contribution in [0.2, 0.25) is 0 Å². The lowest BCUT2D eigenvalue weighted by atomic mass is 9.93. The van der Waals surface area contributed by atoms with Crippen LogP contribution in [0, 0.1) is 0 Å². The van der Waals surface area contributed by atoms with Gasteiger partial charge in [-0.3, -0.25) is 9.78 Å². The molecule has 2 saturated heterocycles. The molecule has 1 aromatic heterocycles. The van der Waals surface area contributed by atoms with E-state index in [2.05, 4.69) is 15.6 Å². The third kappa shape index (κ3) is 3.01. The van der Waals surface area contributed by atoms with Gasteiger partial charge in [0.2, 0.25) is 0 Å². The van der Waals surface area contributed by atoms with Crippen molar-refractivity contribution in [3.63, 3.8) is 0 Å². The average molecular weight is 290 g/mol. The number of nitrogens with zero attached hydrogens (tertiary/aromatic N) is 2. The van der Waals surface area contributed by atoms with E-state index in [4.69, 9.17) is 4.74 Å². The zero-order valence-corrected chi connectivity index (χ0v) is 12.6. The molecule has 1 amide bonds. The van der Waals surface area contributed by atoms with Crippen LogP contribution in [0.4, 0.5) is 5.69 Å². The number of aromatic nitrogens is 1. The Hall–Kier alpha value is -1.66. The summed E-state index contributed by atoms with van der Waals surface area (Å²) in [6.07, 6.45) is 3.86. The molecule has 0 bridgehead atoms. The fourth-order valence-corrected chi connectivity index (χ4v) is 2.82. The maximum atomic E-state index is 12.2. The molecular weight excluding hydrogens is 268 g/mol. The molecule has 0 radical (unpaired) electrons. The van der Waals surface area contributed by atoms with Gasteiger partial charge in [0.25, 0.3) is 5.91 Å². The molecule has 6 nitrogen and oxygen atoms in total. The Morgan fingerprint density at radius 1 is 1.57 bits per heavy atom. The van der Waals surface area contributed by atoms with Gasteiger partial charge in [0.05, 0.1) is 11.7 Å². The number of carbonyl (C=O) groups is 1. The molecule has 1 aromatic rings. The number of hydrogen-bond donors (Lipinski definition) is 2. The van der Waals surface area contributed by atoms with Crippen molar-refractivity contribution in [2.24, 2.45) is 0 Å². The maximum Gasteiger partial charge on any atom is 0.270 e. The molecule has 21 heavy (non-hydrogen) atoms. The highest BCUT2D eigenvalue weighted by Crippen LogP contribution is 2.33. The summed E-state index contributed by atoms with van der Waals surface area (Å²) in [6, 6.07) is 3.67. The first-order chi connectivity index (χ1) is 10.1. The van der Waals surface area contributed by atoms with Gasteiger partial charge in [0.1, 0.15) is 5.69 Å². The zero-order chi connectivity index (χ0) is 14.9. The van der Waals surface area contributed by atoms with Gasteiger partial charge in [-0.25, -0.2) is 0 Å². The van der Waals surface area contributed by atoms with Crippen LogP contribution in [0.15, 0.2) is 18.3 Å². The Labute approximate surface area is 124 Å². The van der Waals surface area contributed by atoms with Gasteiger partial charge in [-0.2, -0.15) is 0 Å². The highest BCUT2D eigenvalue weighted by molar-refractivity contribution is 5.93. The van der Waals surface area contributed by atoms with Crippen molar-refractivity contribution in [3.8, 4) is 0 Å². The van der Waals surface area contributed by atoms with Crippen LogP contribution in [0.3, 0.4) is 0 Å². The topological polar surface area (TPSA) is 66.5 Å². The predicted molar refractivity (Wildman–Crippen MR) is 80.6 cm³/mol. The van der Waals surface area contributed by atoms with Gasteiger partial charge in [-0.15, -0.1) is 0 Å². The van der Waals surface area contributed by atoms with Crippen LogP contribution < -0.4 is 15.5 Å². The summed E-state index contributed by atoms with van der Waals surface area (Å²) in [5.41, 5.74) is 1.45. The number of anilines is 1. The number of amides is 1. The normalized spacial score (nSPS) is 22.9. The van der Waals surface area contributed by atoms with Crippen molar-refractivity contribution in [2.75, 3.05) is 38.6 Å². The number of hydrogen-bond acceptors (Lipinski definition) is 5. The first kappa shape index (κ1) is 14.3. The van der Waals surface area contributed by atoms with E-state index >= 15 is 0 Å². The van der Waals surface area contributed by atoms with Gasteiger partial charge in [0, 0.05) is 45.6 Å². The molecule has 1 unspecified atom stereocenters. The summed E-state index contributed by atoms with van der Waals surface area (Å²) in [5, 5.41) is 6.17. The molecule has 1 atom stereocenters. The SMILES string of the molecule is CN(C)c1ccnc(C(=O)NCC2CCC3(CNC3)O2)c1. The second-order valence-corrected chi connectivity index (χ2v) is 6.07. The average Bonchev–Trinajstić information content (AvgIpc) is 2.89. The van der Waals surface area contributed by atoms with Crippen LogP contribution in [-0.4, -0.2) is 56.3 Å². The molecule has 0 aliphatic carbocycles. The number of pyridine rings is 1. The van der Waals surface area contributed by atoms with E-state index in [1.165, 1.54) is 0 Å². The minimum atomic E-state index is -0.144. The third-order valence-electron chi connectivity index (χ3n) is 4.22. The van der Waals surface area contributed by atoms with Crippen LogP contribution >= 0.6 is 0 Å². The lowest BCUT2D eigenvalue weighted by Crippen LogP contribution is -2.59. The molecule has 2 N–H and O–H groups in total. The first-order valence-electron chi connectivity index (χ1n) is 7.38. The zero-order valence-electron chi connectivity index (χ0n) is 12.6. The third-order valence-corrected chi connectivity index (χ3v) is 4.22. The van der Waals surface area contributed by atoms with E-state index < -0.39 is 0 Å². The second kappa shape index (κ2) is 5.61. The monoisotopic (exact) mass is 290 g/mol. The maximum absolute atomic E-state index is 12.2. The molecule has 3 heterocycles. The van der Waals surface area contributed by atoms with Crippen LogP contribution in [0.25, 0.3) is 0 Å². The fourth-order valence-electron chi connectivity index (χ4n) is 2.82. The molecule has 0 saturated carbocycles. The van der Waals surface area contributed by atoms with Crippen molar-refractivity contribution in [2.45, 2.75) is 24.5 Å². The Kier molecular flexibility index (Phi) is 3.82. The summed E-state index contributed by atoms with van der Waals surface area (Å²) in [6.45, 7) is 2.42. The lowest BCUT2D eigenvalue weighted by Gasteiger charge is -2.38. The van der Waals surface area contributed by atoms with Gasteiger partial charge in [0.15, 0.2) is 0 Å². The Morgan fingerprint density at radius 2 is 2.38 bits per heavy atom. The summed E-state index contributed by atoms with van der Waals surface area (Å²) in [4.78, 5) is 18.2. The summed E-state index contributed by atoms with van der Waals surface area (Å²) < 4.78 is 6.03. The summed E-state index contributed by atoms with van der Waals surface area (Å²) in [5.74, 6) is -0.144. The predicted octanol–water partition coefficient (Wildman–Crippen LogP) is 0.398. The van der Waals surface area contributed by atoms with Crippen LogP contribution in [0.5, 0.6) is 0 Å². The van der Waals surface area contributed by atoms with E-state index in [9.17, 15) is 4.79 Å². The number of ether oxygens (including phenoxy) is 1. The number of nitrogens with one attached hydrogen (secondary N) is 2. The molecule has 3 rings (SSSR count). The highest BCUT2D eigenvalue weighted by atomic mass is 16.5. The van der Waals surface area contributed by atoms with E-state index in [1.54, 1.807) is 12.3 Å². The Bertz CT molecular complexity index is 528. The van der Waals surface area contributed by atoms with Gasteiger partial charge in [-0.05, 0) is 25.0 Å². The summed E-state index contributed by atoms with van der Waals surface area (Å²) in [7, 11) is 3.88. The van der Waals surface area contributed by atoms with Crippen molar-refractivity contribution in [3.05, 3.63) is 24.0 Å². The van der Waals surface area contributed by atoms with E-state index in [0.717, 1.165) is 31.6 Å². The lowest BCUT2D eigenvalue weighted by molar-refractivity contribution is -0.0715. The smallest absolute Gasteiger partial charge is 0.270 e.